The molecule has 0 saturated carbocycles. The third-order valence-corrected chi connectivity index (χ3v) is 10.7. The Kier molecular flexibility index (Phi) is 7.42. The molecule has 5 heteroatoms. The molecule has 0 fully saturated rings. The highest BCUT2D eigenvalue weighted by atomic mass is 16.3. The first-order valence-corrected chi connectivity index (χ1v) is 18.8. The third-order valence-electron chi connectivity index (χ3n) is 10.7. The van der Waals surface area contributed by atoms with E-state index < -0.39 is 0 Å². The lowest BCUT2D eigenvalue weighted by Gasteiger charge is -2.13. The standard InChI is InChI=1S/C51H32N4O/c1-4-15-33(16-5-1)34-29-31-37(32-30-34)50-52-49(36-19-8-3-9-20-36)53-51(54-50)55-44-27-11-10-21-39(44)41-24-13-25-42(47(41)55)40-23-14-28-45-46(40)43-26-12-22-38(48(43)56-45)35-17-6-2-7-18-35/h1-32H. The number of furan rings is 1. The van der Waals surface area contributed by atoms with Crippen molar-refractivity contribution in [2.45, 2.75) is 0 Å². The van der Waals surface area contributed by atoms with Crippen LogP contribution in [0.3, 0.4) is 0 Å². The zero-order chi connectivity index (χ0) is 37.0. The van der Waals surface area contributed by atoms with Gasteiger partial charge in [0.1, 0.15) is 11.2 Å². The largest absolute Gasteiger partial charge is 0.455 e. The number of hydrogen-bond donors (Lipinski definition) is 0. The van der Waals surface area contributed by atoms with Gasteiger partial charge in [-0.2, -0.15) is 9.97 Å². The molecule has 11 rings (SSSR count). The summed E-state index contributed by atoms with van der Waals surface area (Å²) < 4.78 is 8.93. The summed E-state index contributed by atoms with van der Waals surface area (Å²) >= 11 is 0. The summed E-state index contributed by atoms with van der Waals surface area (Å²) in [6.07, 6.45) is 0. The SMILES string of the molecule is c1ccc(-c2ccc(-c3nc(-c4ccccc4)nc(-n4c5ccccc5c5cccc(-c6cccc7oc8c(-c9ccccc9)cccc8c67)c54)n3)cc2)cc1. The van der Waals surface area contributed by atoms with Crippen molar-refractivity contribution in [2.24, 2.45) is 0 Å². The smallest absolute Gasteiger partial charge is 0.238 e. The Morgan fingerprint density at radius 3 is 1.61 bits per heavy atom. The Bertz CT molecular complexity index is 3220. The van der Waals surface area contributed by atoms with E-state index in [1.165, 1.54) is 0 Å². The number of aromatic nitrogens is 4. The molecule has 0 aliphatic carbocycles. The van der Waals surface area contributed by atoms with Crippen molar-refractivity contribution in [1.29, 1.82) is 0 Å². The van der Waals surface area contributed by atoms with E-state index in [-0.39, 0.29) is 0 Å². The Hall–Kier alpha value is -7.63. The van der Waals surface area contributed by atoms with Gasteiger partial charge in [-0.05, 0) is 34.4 Å². The van der Waals surface area contributed by atoms with Crippen LogP contribution in [-0.4, -0.2) is 19.5 Å². The van der Waals surface area contributed by atoms with Gasteiger partial charge in [0.15, 0.2) is 11.6 Å². The molecule has 11 aromatic rings. The summed E-state index contributed by atoms with van der Waals surface area (Å²) in [7, 11) is 0. The zero-order valence-corrected chi connectivity index (χ0v) is 30.2. The lowest BCUT2D eigenvalue weighted by molar-refractivity contribution is 0.670. The maximum Gasteiger partial charge on any atom is 0.238 e. The molecule has 0 amide bonds. The highest BCUT2D eigenvalue weighted by Crippen LogP contribution is 2.44. The summed E-state index contributed by atoms with van der Waals surface area (Å²) in [5, 5.41) is 4.38. The Morgan fingerprint density at radius 1 is 0.357 bits per heavy atom. The average Bonchev–Trinajstić information content (AvgIpc) is 3.84. The third kappa shape index (κ3) is 5.21. The van der Waals surface area contributed by atoms with Gasteiger partial charge >= 0.3 is 0 Å². The number of rotatable bonds is 6. The number of hydrogen-bond acceptors (Lipinski definition) is 4. The van der Waals surface area contributed by atoms with Crippen LogP contribution in [0.15, 0.2) is 199 Å². The molecular formula is C51H32N4O. The van der Waals surface area contributed by atoms with Crippen molar-refractivity contribution in [3.05, 3.63) is 194 Å². The van der Waals surface area contributed by atoms with Gasteiger partial charge in [-0.3, -0.25) is 4.57 Å². The molecule has 56 heavy (non-hydrogen) atoms. The lowest BCUT2D eigenvalue weighted by atomic mass is 9.96. The van der Waals surface area contributed by atoms with E-state index in [0.29, 0.717) is 17.6 Å². The minimum atomic E-state index is 0.551. The summed E-state index contributed by atoms with van der Waals surface area (Å²) in [4.78, 5) is 15.6. The van der Waals surface area contributed by atoms with E-state index in [0.717, 1.165) is 88.3 Å². The van der Waals surface area contributed by atoms with Gasteiger partial charge in [0.05, 0.1) is 11.0 Å². The molecule has 0 aliphatic rings. The van der Waals surface area contributed by atoms with Crippen molar-refractivity contribution in [1.82, 2.24) is 19.5 Å². The molecule has 0 bridgehead atoms. The number of benzene rings is 8. The van der Waals surface area contributed by atoms with E-state index in [1.54, 1.807) is 0 Å². The van der Waals surface area contributed by atoms with Gasteiger partial charge in [0.25, 0.3) is 0 Å². The van der Waals surface area contributed by atoms with Gasteiger partial charge in [0.2, 0.25) is 5.95 Å². The molecule has 0 aliphatic heterocycles. The summed E-state index contributed by atoms with van der Waals surface area (Å²) in [5.74, 6) is 1.76. The maximum atomic E-state index is 6.71. The molecule has 3 aromatic heterocycles. The molecule has 0 unspecified atom stereocenters. The fourth-order valence-corrected chi connectivity index (χ4v) is 8.11. The van der Waals surface area contributed by atoms with E-state index in [1.807, 2.05) is 42.5 Å². The maximum absolute atomic E-state index is 6.71. The van der Waals surface area contributed by atoms with Crippen molar-refractivity contribution < 1.29 is 4.42 Å². The first-order valence-electron chi connectivity index (χ1n) is 18.8. The van der Waals surface area contributed by atoms with Gasteiger partial charge < -0.3 is 4.42 Å². The second-order valence-electron chi connectivity index (χ2n) is 14.0. The normalized spacial score (nSPS) is 11.6. The summed E-state index contributed by atoms with van der Waals surface area (Å²) in [5.41, 5.74) is 12.2. The van der Waals surface area contributed by atoms with Crippen molar-refractivity contribution in [3.8, 4) is 62.1 Å². The molecule has 0 N–H and O–H groups in total. The Morgan fingerprint density at radius 2 is 0.875 bits per heavy atom. The predicted molar refractivity (Wildman–Crippen MR) is 229 cm³/mol. The highest BCUT2D eigenvalue weighted by Gasteiger charge is 2.23. The highest BCUT2D eigenvalue weighted by molar-refractivity contribution is 6.20. The van der Waals surface area contributed by atoms with Gasteiger partial charge in [-0.15, -0.1) is 0 Å². The second-order valence-corrected chi connectivity index (χ2v) is 14.0. The Balaban J connectivity index is 1.17. The minimum absolute atomic E-state index is 0.551. The molecule has 0 radical (unpaired) electrons. The zero-order valence-electron chi connectivity index (χ0n) is 30.2. The molecule has 5 nitrogen and oxygen atoms in total. The van der Waals surface area contributed by atoms with Gasteiger partial charge in [-0.25, -0.2) is 4.98 Å². The minimum Gasteiger partial charge on any atom is -0.455 e. The first-order chi connectivity index (χ1) is 27.8. The van der Waals surface area contributed by atoms with Crippen molar-refractivity contribution >= 4 is 43.7 Å². The molecule has 8 aromatic carbocycles. The molecule has 0 atom stereocenters. The fraction of sp³-hybridized carbons (Fsp3) is 0. The van der Waals surface area contributed by atoms with Crippen LogP contribution in [0.2, 0.25) is 0 Å². The van der Waals surface area contributed by atoms with Crippen LogP contribution < -0.4 is 0 Å². The van der Waals surface area contributed by atoms with Gasteiger partial charge in [0, 0.05) is 43.8 Å². The van der Waals surface area contributed by atoms with Crippen LogP contribution >= 0.6 is 0 Å². The van der Waals surface area contributed by atoms with E-state index in [4.69, 9.17) is 19.4 Å². The average molecular weight is 717 g/mol. The predicted octanol–water partition coefficient (Wildman–Crippen LogP) is 13.2. The van der Waals surface area contributed by atoms with E-state index in [9.17, 15) is 0 Å². The van der Waals surface area contributed by atoms with Crippen LogP contribution in [0, 0.1) is 0 Å². The number of fused-ring (bicyclic) bond motifs is 6. The topological polar surface area (TPSA) is 56.7 Å². The quantitative estimate of drug-likeness (QED) is 0.172. The van der Waals surface area contributed by atoms with E-state index in [2.05, 4.69) is 156 Å². The van der Waals surface area contributed by atoms with Crippen molar-refractivity contribution in [2.75, 3.05) is 0 Å². The van der Waals surface area contributed by atoms with E-state index >= 15 is 0 Å². The first kappa shape index (κ1) is 31.9. The van der Waals surface area contributed by atoms with Crippen molar-refractivity contribution in [3.63, 3.8) is 0 Å². The summed E-state index contributed by atoms with van der Waals surface area (Å²) in [6, 6.07) is 67.3. The van der Waals surface area contributed by atoms with Crippen LogP contribution in [-0.2, 0) is 0 Å². The Labute approximate surface area is 322 Å². The van der Waals surface area contributed by atoms with Crippen LogP contribution in [0.1, 0.15) is 0 Å². The molecule has 0 spiro atoms. The molecular weight excluding hydrogens is 685 g/mol. The van der Waals surface area contributed by atoms with Gasteiger partial charge in [-0.1, -0.05) is 182 Å². The monoisotopic (exact) mass is 716 g/mol. The molecule has 0 saturated heterocycles. The van der Waals surface area contributed by atoms with Crippen LogP contribution in [0.5, 0.6) is 0 Å². The fourth-order valence-electron chi connectivity index (χ4n) is 8.11. The van der Waals surface area contributed by atoms with Crippen LogP contribution in [0.25, 0.3) is 106 Å². The lowest BCUT2D eigenvalue weighted by Crippen LogP contribution is -2.07. The second kappa shape index (κ2) is 13.0. The van der Waals surface area contributed by atoms with Crippen LogP contribution in [0.4, 0.5) is 0 Å². The number of para-hydroxylation sites is 3. The number of nitrogens with zero attached hydrogens (tertiary/aromatic N) is 4. The molecule has 3 heterocycles. The molecule has 262 valence electrons. The summed E-state index contributed by atoms with van der Waals surface area (Å²) in [6.45, 7) is 0.